The Balaban J connectivity index is 1.55. The van der Waals surface area contributed by atoms with Crippen molar-refractivity contribution in [3.63, 3.8) is 0 Å². The van der Waals surface area contributed by atoms with Crippen molar-refractivity contribution in [2.24, 2.45) is 11.7 Å². The van der Waals surface area contributed by atoms with E-state index in [9.17, 15) is 4.79 Å². The van der Waals surface area contributed by atoms with Gasteiger partial charge in [-0.2, -0.15) is 0 Å². The van der Waals surface area contributed by atoms with E-state index >= 15 is 0 Å². The van der Waals surface area contributed by atoms with Crippen molar-refractivity contribution in [2.45, 2.75) is 57.1 Å². The van der Waals surface area contributed by atoms with E-state index in [1.807, 2.05) is 0 Å². The van der Waals surface area contributed by atoms with E-state index in [1.165, 1.54) is 11.1 Å². The van der Waals surface area contributed by atoms with Crippen LogP contribution in [0, 0.1) is 5.92 Å². The third-order valence-corrected chi connectivity index (χ3v) is 5.77. The maximum Gasteiger partial charge on any atom is 0.225 e. The van der Waals surface area contributed by atoms with Crippen LogP contribution in [0.1, 0.15) is 55.6 Å². The Kier molecular flexibility index (Phi) is 5.90. The minimum Gasteiger partial charge on any atom is -0.381 e. The fourth-order valence-corrected chi connectivity index (χ4v) is 4.25. The molecule has 3 rings (SSSR count). The summed E-state index contributed by atoms with van der Waals surface area (Å²) in [7, 11) is 1.76. The highest BCUT2D eigenvalue weighted by atomic mass is 16.5. The van der Waals surface area contributed by atoms with Crippen LogP contribution in [0.5, 0.6) is 0 Å². The van der Waals surface area contributed by atoms with Crippen molar-refractivity contribution in [1.29, 1.82) is 0 Å². The van der Waals surface area contributed by atoms with Crippen molar-refractivity contribution in [2.75, 3.05) is 20.2 Å². The van der Waals surface area contributed by atoms with E-state index < -0.39 is 0 Å². The highest BCUT2D eigenvalue weighted by Crippen LogP contribution is 2.32. The first-order chi connectivity index (χ1) is 11.7. The Bertz CT molecular complexity index is 552. The van der Waals surface area contributed by atoms with Crippen LogP contribution in [-0.2, 0) is 16.1 Å². The lowest BCUT2D eigenvalue weighted by Crippen LogP contribution is -2.43. The van der Waals surface area contributed by atoms with Crippen LogP contribution in [-0.4, -0.2) is 37.1 Å². The van der Waals surface area contributed by atoms with E-state index in [4.69, 9.17) is 10.5 Å². The largest absolute Gasteiger partial charge is 0.381 e. The minimum absolute atomic E-state index is 0.167. The SMILES string of the molecule is COC1CCCC(C(=O)N2CCC(c3cccc(CN)c3)CC2)C1. The lowest BCUT2D eigenvalue weighted by atomic mass is 9.84. The van der Waals surface area contributed by atoms with Crippen molar-refractivity contribution in [3.05, 3.63) is 35.4 Å². The van der Waals surface area contributed by atoms with Gasteiger partial charge in [-0.15, -0.1) is 0 Å². The number of piperidine rings is 1. The first-order valence-corrected chi connectivity index (χ1v) is 9.31. The molecule has 2 unspecified atom stereocenters. The number of amides is 1. The van der Waals surface area contributed by atoms with Gasteiger partial charge < -0.3 is 15.4 Å². The Hall–Kier alpha value is -1.39. The van der Waals surface area contributed by atoms with Crippen LogP contribution < -0.4 is 5.73 Å². The fraction of sp³-hybridized carbons (Fsp3) is 0.650. The van der Waals surface area contributed by atoms with E-state index in [0.717, 1.165) is 51.6 Å². The summed E-state index contributed by atoms with van der Waals surface area (Å²) in [6.07, 6.45) is 6.51. The summed E-state index contributed by atoms with van der Waals surface area (Å²) in [5.41, 5.74) is 8.32. The van der Waals surface area contributed by atoms with Gasteiger partial charge in [0.2, 0.25) is 5.91 Å². The van der Waals surface area contributed by atoms with E-state index in [-0.39, 0.29) is 12.0 Å². The van der Waals surface area contributed by atoms with Gasteiger partial charge in [0.05, 0.1) is 6.10 Å². The van der Waals surface area contributed by atoms with Gasteiger partial charge in [-0.3, -0.25) is 4.79 Å². The van der Waals surface area contributed by atoms with Gasteiger partial charge in [-0.1, -0.05) is 30.7 Å². The van der Waals surface area contributed by atoms with Crippen LogP contribution in [0.25, 0.3) is 0 Å². The molecule has 2 N–H and O–H groups in total. The van der Waals surface area contributed by atoms with Crippen molar-refractivity contribution in [3.8, 4) is 0 Å². The topological polar surface area (TPSA) is 55.6 Å². The molecule has 1 saturated carbocycles. The van der Waals surface area contributed by atoms with Crippen molar-refractivity contribution in [1.82, 2.24) is 4.90 Å². The summed E-state index contributed by atoms with van der Waals surface area (Å²) in [6, 6.07) is 8.61. The maximum atomic E-state index is 12.8. The number of hydrogen-bond acceptors (Lipinski definition) is 3. The molecule has 132 valence electrons. The Morgan fingerprint density at radius 2 is 2.04 bits per heavy atom. The third kappa shape index (κ3) is 3.98. The number of hydrogen-bond donors (Lipinski definition) is 1. The maximum absolute atomic E-state index is 12.8. The molecular weight excluding hydrogens is 300 g/mol. The molecule has 0 spiro atoms. The van der Waals surface area contributed by atoms with E-state index in [2.05, 4.69) is 29.2 Å². The van der Waals surface area contributed by atoms with Gasteiger partial charge in [0.25, 0.3) is 0 Å². The minimum atomic E-state index is 0.167. The summed E-state index contributed by atoms with van der Waals surface area (Å²) in [5.74, 6) is 1.07. The van der Waals surface area contributed by atoms with Crippen molar-refractivity contribution >= 4 is 5.91 Å². The molecule has 0 radical (unpaired) electrons. The molecule has 2 atom stereocenters. The molecule has 0 aromatic heterocycles. The average Bonchev–Trinajstić information content (AvgIpc) is 2.67. The first kappa shape index (κ1) is 17.4. The van der Waals surface area contributed by atoms with Crippen LogP contribution in [0.15, 0.2) is 24.3 Å². The summed E-state index contributed by atoms with van der Waals surface area (Å²) in [4.78, 5) is 14.9. The predicted octanol–water partition coefficient (Wildman–Crippen LogP) is 3.06. The molecule has 1 aliphatic heterocycles. The zero-order chi connectivity index (χ0) is 16.9. The number of rotatable bonds is 4. The zero-order valence-corrected chi connectivity index (χ0v) is 14.7. The number of carbonyl (C=O) groups is 1. The smallest absolute Gasteiger partial charge is 0.225 e. The van der Waals surface area contributed by atoms with E-state index in [1.54, 1.807) is 7.11 Å². The van der Waals surface area contributed by atoms with Gasteiger partial charge in [-0.25, -0.2) is 0 Å². The van der Waals surface area contributed by atoms with E-state index in [0.29, 0.717) is 18.4 Å². The monoisotopic (exact) mass is 330 g/mol. The van der Waals surface area contributed by atoms with Crippen LogP contribution in [0.4, 0.5) is 0 Å². The molecule has 1 amide bonds. The third-order valence-electron chi connectivity index (χ3n) is 5.77. The molecule has 0 bridgehead atoms. The number of likely N-dealkylation sites (tertiary alicyclic amines) is 1. The Morgan fingerprint density at radius 1 is 1.25 bits per heavy atom. The second-order valence-corrected chi connectivity index (χ2v) is 7.27. The van der Waals surface area contributed by atoms with Gasteiger partial charge in [0.15, 0.2) is 0 Å². The molecule has 1 heterocycles. The Labute approximate surface area is 145 Å². The molecule has 2 aliphatic rings. The summed E-state index contributed by atoms with van der Waals surface area (Å²) in [6.45, 7) is 2.35. The van der Waals surface area contributed by atoms with Crippen LogP contribution in [0.2, 0.25) is 0 Å². The molecule has 1 saturated heterocycles. The van der Waals surface area contributed by atoms with Gasteiger partial charge >= 0.3 is 0 Å². The highest BCUT2D eigenvalue weighted by Gasteiger charge is 2.32. The number of ether oxygens (including phenoxy) is 1. The predicted molar refractivity (Wildman–Crippen MR) is 95.6 cm³/mol. The second-order valence-electron chi connectivity index (χ2n) is 7.27. The lowest BCUT2D eigenvalue weighted by Gasteiger charge is -2.36. The molecule has 1 aliphatic carbocycles. The summed E-state index contributed by atoms with van der Waals surface area (Å²) >= 11 is 0. The summed E-state index contributed by atoms with van der Waals surface area (Å²) in [5, 5.41) is 0. The average molecular weight is 330 g/mol. The molecule has 1 aromatic carbocycles. The van der Waals surface area contributed by atoms with Crippen molar-refractivity contribution < 1.29 is 9.53 Å². The summed E-state index contributed by atoms with van der Waals surface area (Å²) < 4.78 is 5.47. The number of carbonyl (C=O) groups excluding carboxylic acids is 1. The lowest BCUT2D eigenvalue weighted by molar-refractivity contribution is -0.139. The molecule has 1 aromatic rings. The number of nitrogens with two attached hydrogens (primary N) is 1. The standard InChI is InChI=1S/C20H30N2O2/c1-24-19-7-3-6-18(13-19)20(23)22-10-8-16(9-11-22)17-5-2-4-15(12-17)14-21/h2,4-5,12,16,18-19H,3,6-11,13-14,21H2,1H3. The highest BCUT2D eigenvalue weighted by molar-refractivity contribution is 5.79. The fourth-order valence-electron chi connectivity index (χ4n) is 4.25. The van der Waals surface area contributed by atoms with Gasteiger partial charge in [-0.05, 0) is 49.1 Å². The quantitative estimate of drug-likeness (QED) is 0.923. The Morgan fingerprint density at radius 3 is 2.75 bits per heavy atom. The molecular formula is C20H30N2O2. The zero-order valence-electron chi connectivity index (χ0n) is 14.7. The molecule has 4 nitrogen and oxygen atoms in total. The molecule has 4 heteroatoms. The number of nitrogens with zero attached hydrogens (tertiary/aromatic N) is 1. The number of benzene rings is 1. The van der Waals surface area contributed by atoms with Gasteiger partial charge in [0.1, 0.15) is 0 Å². The molecule has 24 heavy (non-hydrogen) atoms. The number of methoxy groups -OCH3 is 1. The van der Waals surface area contributed by atoms with Gasteiger partial charge in [0, 0.05) is 32.7 Å². The first-order valence-electron chi connectivity index (χ1n) is 9.31. The molecule has 2 fully saturated rings. The van der Waals surface area contributed by atoms with Crippen LogP contribution in [0.3, 0.4) is 0 Å². The van der Waals surface area contributed by atoms with Crippen LogP contribution >= 0.6 is 0 Å². The second kappa shape index (κ2) is 8.13. The normalized spacial score (nSPS) is 25.7.